The standard InChI is InChI=1S/C29H41N3O4/c1-2-13-31-14-10-19(11-15-31)21-8-9-22(28(30)34)23(17-21)26(20-6-4-3-5-7-20)29(35)32-16-12-25-27(32)24(33)18-36-25/h8-9,17,19-20,25-27H,2-7,10-16,18H2,1H3,(H2,30,34)/t25-,26+,27-/m1/s1. The van der Waals surface area contributed by atoms with Gasteiger partial charge in [-0.2, -0.15) is 0 Å². The second-order valence-electron chi connectivity index (χ2n) is 11.3. The molecule has 2 N–H and O–H groups in total. The predicted octanol–water partition coefficient (Wildman–Crippen LogP) is 3.61. The van der Waals surface area contributed by atoms with Crippen LogP contribution in [-0.2, 0) is 14.3 Å². The summed E-state index contributed by atoms with van der Waals surface area (Å²) >= 11 is 0. The molecule has 0 aromatic heterocycles. The molecule has 2 amide bonds. The molecule has 0 bridgehead atoms. The van der Waals surface area contributed by atoms with Crippen LogP contribution in [0.4, 0.5) is 0 Å². The molecule has 7 heteroatoms. The van der Waals surface area contributed by atoms with E-state index in [4.69, 9.17) is 10.5 Å². The van der Waals surface area contributed by atoms with Crippen molar-refractivity contribution in [2.45, 2.75) is 88.7 Å². The molecule has 4 aliphatic rings. The molecule has 196 valence electrons. The molecule has 5 rings (SSSR count). The van der Waals surface area contributed by atoms with Gasteiger partial charge in [-0.25, -0.2) is 0 Å². The summed E-state index contributed by atoms with van der Waals surface area (Å²) in [5.74, 6) is -0.381. The number of amides is 2. The van der Waals surface area contributed by atoms with Crippen LogP contribution < -0.4 is 5.73 Å². The van der Waals surface area contributed by atoms with E-state index >= 15 is 0 Å². The van der Waals surface area contributed by atoms with E-state index in [0.29, 0.717) is 24.4 Å². The molecule has 3 atom stereocenters. The van der Waals surface area contributed by atoms with Crippen LogP contribution in [0, 0.1) is 5.92 Å². The lowest BCUT2D eigenvalue weighted by Gasteiger charge is -2.36. The van der Waals surface area contributed by atoms with Gasteiger partial charge in [0.25, 0.3) is 0 Å². The first-order valence-corrected chi connectivity index (χ1v) is 14.1. The Morgan fingerprint density at radius 1 is 1.06 bits per heavy atom. The number of benzene rings is 1. The zero-order valence-corrected chi connectivity index (χ0v) is 21.6. The Hall–Kier alpha value is -2.25. The number of fused-ring (bicyclic) bond motifs is 1. The summed E-state index contributed by atoms with van der Waals surface area (Å²) in [6.45, 7) is 6.13. The molecule has 1 aliphatic carbocycles. The van der Waals surface area contributed by atoms with Crippen LogP contribution in [0.2, 0.25) is 0 Å². The number of ether oxygens (including phenoxy) is 1. The molecule has 0 spiro atoms. The highest BCUT2D eigenvalue weighted by molar-refractivity contribution is 5.99. The first-order valence-electron chi connectivity index (χ1n) is 14.1. The first-order chi connectivity index (χ1) is 17.5. The molecule has 1 aromatic carbocycles. The number of piperidine rings is 1. The SMILES string of the molecule is CCCN1CCC(c2ccc(C(N)=O)c([C@@H](C(=O)N3CC[C@H]4OCC(=O)[C@H]43)C3CCCCC3)c2)CC1. The lowest BCUT2D eigenvalue weighted by Crippen LogP contribution is -2.46. The van der Waals surface area contributed by atoms with Gasteiger partial charge >= 0.3 is 0 Å². The van der Waals surface area contributed by atoms with E-state index in [2.05, 4.69) is 17.9 Å². The van der Waals surface area contributed by atoms with Crippen molar-refractivity contribution in [2.75, 3.05) is 32.8 Å². The third-order valence-electron chi connectivity index (χ3n) is 9.06. The second-order valence-corrected chi connectivity index (χ2v) is 11.3. The molecule has 36 heavy (non-hydrogen) atoms. The highest BCUT2D eigenvalue weighted by atomic mass is 16.5. The number of likely N-dealkylation sites (tertiary alicyclic amines) is 2. The Morgan fingerprint density at radius 3 is 2.50 bits per heavy atom. The van der Waals surface area contributed by atoms with Gasteiger partial charge < -0.3 is 20.3 Å². The van der Waals surface area contributed by atoms with Crippen molar-refractivity contribution in [3.05, 3.63) is 34.9 Å². The lowest BCUT2D eigenvalue weighted by atomic mass is 9.73. The van der Waals surface area contributed by atoms with E-state index in [-0.39, 0.29) is 30.3 Å². The maximum absolute atomic E-state index is 14.3. The van der Waals surface area contributed by atoms with Crippen LogP contribution in [0.25, 0.3) is 0 Å². The molecule has 3 aliphatic heterocycles. The molecule has 0 radical (unpaired) electrons. The second kappa shape index (κ2) is 11.0. The number of primary amides is 1. The maximum Gasteiger partial charge on any atom is 0.249 e. The molecule has 1 aromatic rings. The van der Waals surface area contributed by atoms with E-state index in [9.17, 15) is 14.4 Å². The zero-order valence-electron chi connectivity index (χ0n) is 21.6. The summed E-state index contributed by atoms with van der Waals surface area (Å²) in [6.07, 6.45) is 9.10. The van der Waals surface area contributed by atoms with Gasteiger partial charge in [0, 0.05) is 12.1 Å². The number of nitrogens with two attached hydrogens (primary N) is 1. The van der Waals surface area contributed by atoms with Crippen molar-refractivity contribution < 1.29 is 19.1 Å². The Bertz CT molecular complexity index is 981. The molecule has 7 nitrogen and oxygen atoms in total. The third kappa shape index (κ3) is 4.97. The molecular formula is C29H41N3O4. The Balaban J connectivity index is 1.49. The van der Waals surface area contributed by atoms with Crippen molar-refractivity contribution >= 4 is 17.6 Å². The number of rotatable bonds is 7. The molecular weight excluding hydrogens is 454 g/mol. The van der Waals surface area contributed by atoms with Crippen molar-refractivity contribution in [1.82, 2.24) is 9.80 Å². The molecule has 3 heterocycles. The minimum Gasteiger partial charge on any atom is -0.368 e. The van der Waals surface area contributed by atoms with Gasteiger partial charge in [-0.15, -0.1) is 0 Å². The number of nitrogens with zero attached hydrogens (tertiary/aromatic N) is 2. The van der Waals surface area contributed by atoms with E-state index in [1.807, 2.05) is 12.1 Å². The van der Waals surface area contributed by atoms with Crippen LogP contribution in [0.1, 0.15) is 98.0 Å². The van der Waals surface area contributed by atoms with E-state index < -0.39 is 17.9 Å². The summed E-state index contributed by atoms with van der Waals surface area (Å²) in [5.41, 5.74) is 8.32. The largest absolute Gasteiger partial charge is 0.368 e. The summed E-state index contributed by atoms with van der Waals surface area (Å²) in [7, 11) is 0. The average molecular weight is 496 g/mol. The van der Waals surface area contributed by atoms with Gasteiger partial charge in [-0.05, 0) is 87.2 Å². The quantitative estimate of drug-likeness (QED) is 0.624. The van der Waals surface area contributed by atoms with Crippen LogP contribution in [0.3, 0.4) is 0 Å². The van der Waals surface area contributed by atoms with Crippen LogP contribution >= 0.6 is 0 Å². The van der Waals surface area contributed by atoms with Crippen molar-refractivity contribution in [1.29, 1.82) is 0 Å². The minimum absolute atomic E-state index is 0.00374. The maximum atomic E-state index is 14.3. The van der Waals surface area contributed by atoms with Crippen molar-refractivity contribution in [2.24, 2.45) is 11.7 Å². The van der Waals surface area contributed by atoms with Crippen molar-refractivity contribution in [3.63, 3.8) is 0 Å². The molecule has 1 saturated carbocycles. The fourth-order valence-electron chi connectivity index (χ4n) is 7.20. The van der Waals surface area contributed by atoms with E-state index in [0.717, 1.165) is 63.7 Å². The Labute approximate surface area is 214 Å². The fourth-order valence-corrected chi connectivity index (χ4v) is 7.20. The molecule has 0 unspecified atom stereocenters. The summed E-state index contributed by atoms with van der Waals surface area (Å²) in [4.78, 5) is 43.8. The number of hydrogen-bond acceptors (Lipinski definition) is 5. The molecule has 4 fully saturated rings. The minimum atomic E-state index is -0.484. The van der Waals surface area contributed by atoms with Crippen LogP contribution in [0.15, 0.2) is 18.2 Å². The number of Topliss-reactive ketones (excluding diaryl/α,β-unsaturated/α-hetero) is 1. The summed E-state index contributed by atoms with van der Waals surface area (Å²) in [6, 6.07) is 5.54. The monoisotopic (exact) mass is 495 g/mol. The van der Waals surface area contributed by atoms with Crippen LogP contribution in [0.5, 0.6) is 0 Å². The van der Waals surface area contributed by atoms with Gasteiger partial charge in [0.15, 0.2) is 5.78 Å². The first kappa shape index (κ1) is 25.4. The smallest absolute Gasteiger partial charge is 0.249 e. The fraction of sp³-hybridized carbons (Fsp3) is 0.690. The van der Waals surface area contributed by atoms with Gasteiger partial charge in [0.1, 0.15) is 12.6 Å². The topological polar surface area (TPSA) is 92.9 Å². The summed E-state index contributed by atoms with van der Waals surface area (Å²) < 4.78 is 5.67. The van der Waals surface area contributed by atoms with Gasteiger partial charge in [-0.1, -0.05) is 38.3 Å². The molecule has 3 saturated heterocycles. The highest BCUT2D eigenvalue weighted by Crippen LogP contribution is 2.42. The number of carbonyl (C=O) groups is 3. The number of hydrogen-bond donors (Lipinski definition) is 1. The van der Waals surface area contributed by atoms with Gasteiger partial charge in [0.05, 0.1) is 12.0 Å². The van der Waals surface area contributed by atoms with E-state index in [1.165, 1.54) is 18.4 Å². The van der Waals surface area contributed by atoms with Crippen LogP contribution in [-0.4, -0.2) is 72.3 Å². The average Bonchev–Trinajstić information content (AvgIpc) is 3.48. The predicted molar refractivity (Wildman–Crippen MR) is 138 cm³/mol. The van der Waals surface area contributed by atoms with E-state index in [1.54, 1.807) is 4.90 Å². The number of ketones is 1. The van der Waals surface area contributed by atoms with Crippen molar-refractivity contribution in [3.8, 4) is 0 Å². The Kier molecular flexibility index (Phi) is 7.77. The van der Waals surface area contributed by atoms with Gasteiger partial charge in [0.2, 0.25) is 11.8 Å². The van der Waals surface area contributed by atoms with Gasteiger partial charge in [-0.3, -0.25) is 14.4 Å². The normalized spacial score (nSPS) is 26.8. The zero-order chi connectivity index (χ0) is 25.2. The number of carbonyl (C=O) groups excluding carboxylic acids is 3. The third-order valence-corrected chi connectivity index (χ3v) is 9.06. The lowest BCUT2D eigenvalue weighted by molar-refractivity contribution is -0.139. The Morgan fingerprint density at radius 2 is 1.81 bits per heavy atom. The highest BCUT2D eigenvalue weighted by Gasteiger charge is 2.49. The summed E-state index contributed by atoms with van der Waals surface area (Å²) in [5, 5.41) is 0.